The molecule has 0 aliphatic heterocycles. The van der Waals surface area contributed by atoms with Gasteiger partial charge in [0.1, 0.15) is 0 Å². The summed E-state index contributed by atoms with van der Waals surface area (Å²) in [5.74, 6) is 1.63. The second-order valence-corrected chi connectivity index (χ2v) is 11.8. The van der Waals surface area contributed by atoms with Crippen LogP contribution in [0, 0.1) is 11.3 Å². The Morgan fingerprint density at radius 2 is 1.11 bits per heavy atom. The molecule has 0 N–H and O–H groups in total. The molecule has 0 aliphatic carbocycles. The zero-order chi connectivity index (χ0) is 31.0. The molecule has 0 bridgehead atoms. The van der Waals surface area contributed by atoms with Crippen molar-refractivity contribution in [2.45, 2.75) is 0 Å². The molecule has 8 aromatic rings. The Hall–Kier alpha value is -5.97. The largest absolute Gasteiger partial charge is 0.309 e. The lowest BCUT2D eigenvalue weighted by atomic mass is 10.1. The van der Waals surface area contributed by atoms with Crippen LogP contribution in [0.2, 0.25) is 0 Å². The number of pyridine rings is 1. The number of fused-ring (bicyclic) bond motifs is 3. The fourth-order valence-corrected chi connectivity index (χ4v) is 6.32. The third-order valence-corrected chi connectivity index (χ3v) is 8.48. The SMILES string of the molecule is N#Cc1ccc(-c2nc(-c3ccc(-c4cccnc4)cc3)nc(-c3cc(Br)cc(-n4c5ccccc5c5ccccc54)c3)n2)cc1. The maximum absolute atomic E-state index is 9.35. The van der Waals surface area contributed by atoms with E-state index in [0.29, 0.717) is 23.0 Å². The summed E-state index contributed by atoms with van der Waals surface area (Å²) in [4.78, 5) is 19.1. The van der Waals surface area contributed by atoms with Gasteiger partial charge in [0, 0.05) is 50.0 Å². The highest BCUT2D eigenvalue weighted by atomic mass is 79.9. The Kier molecular flexibility index (Phi) is 6.90. The molecule has 0 atom stereocenters. The zero-order valence-electron chi connectivity index (χ0n) is 24.3. The molecule has 0 fully saturated rings. The highest BCUT2D eigenvalue weighted by Crippen LogP contribution is 2.35. The van der Waals surface area contributed by atoms with Crippen molar-refractivity contribution in [3.63, 3.8) is 0 Å². The van der Waals surface area contributed by atoms with E-state index in [1.165, 1.54) is 10.8 Å². The van der Waals surface area contributed by atoms with Gasteiger partial charge in [-0.3, -0.25) is 4.98 Å². The number of rotatable bonds is 5. The third-order valence-electron chi connectivity index (χ3n) is 8.02. The Balaban J connectivity index is 1.30. The number of nitrogens with zero attached hydrogens (tertiary/aromatic N) is 6. The molecule has 0 saturated carbocycles. The molecule has 0 amide bonds. The van der Waals surface area contributed by atoms with Crippen LogP contribution in [0.25, 0.3) is 72.8 Å². The van der Waals surface area contributed by atoms with Gasteiger partial charge in [0.15, 0.2) is 17.5 Å². The molecule has 0 spiro atoms. The van der Waals surface area contributed by atoms with Gasteiger partial charge in [-0.1, -0.05) is 82.7 Å². The second kappa shape index (κ2) is 11.5. The number of hydrogen-bond donors (Lipinski definition) is 0. The Bertz CT molecular complexity index is 2370. The van der Waals surface area contributed by atoms with E-state index in [1.807, 2.05) is 48.7 Å². The minimum Gasteiger partial charge on any atom is -0.309 e. The van der Waals surface area contributed by atoms with E-state index in [2.05, 4.69) is 104 Å². The van der Waals surface area contributed by atoms with E-state index < -0.39 is 0 Å². The molecule has 8 rings (SSSR count). The molecule has 6 nitrogen and oxygen atoms in total. The Morgan fingerprint density at radius 1 is 0.543 bits per heavy atom. The maximum atomic E-state index is 9.35. The van der Waals surface area contributed by atoms with E-state index in [9.17, 15) is 5.26 Å². The number of hydrogen-bond acceptors (Lipinski definition) is 5. The standard InChI is InChI=1S/C39H23BrN6/c40-31-20-30(21-32(22-31)46-35-9-3-1-7-33(35)34-8-2-4-10-36(34)46)39-44-37(27-13-11-25(23-41)12-14-27)43-38(45-39)28-17-15-26(16-18-28)29-6-5-19-42-24-29/h1-22,24H. The molecular weight excluding hydrogens is 632 g/mol. The molecule has 0 aliphatic rings. The van der Waals surface area contributed by atoms with Crippen LogP contribution in [0.15, 0.2) is 144 Å². The van der Waals surface area contributed by atoms with E-state index >= 15 is 0 Å². The molecule has 46 heavy (non-hydrogen) atoms. The van der Waals surface area contributed by atoms with Crippen molar-refractivity contribution in [2.24, 2.45) is 0 Å². The number of para-hydroxylation sites is 2. The normalized spacial score (nSPS) is 11.1. The van der Waals surface area contributed by atoms with Crippen molar-refractivity contribution in [3.8, 4) is 57.0 Å². The van der Waals surface area contributed by atoms with Gasteiger partial charge in [0.2, 0.25) is 0 Å². The molecule has 216 valence electrons. The van der Waals surface area contributed by atoms with Gasteiger partial charge in [-0.2, -0.15) is 5.26 Å². The molecule has 0 radical (unpaired) electrons. The van der Waals surface area contributed by atoms with E-state index in [-0.39, 0.29) is 0 Å². The molecule has 7 heteroatoms. The van der Waals surface area contributed by atoms with Crippen LogP contribution in [0.3, 0.4) is 0 Å². The number of halogens is 1. The number of aromatic nitrogens is 5. The summed E-state index contributed by atoms with van der Waals surface area (Å²) in [5.41, 5.74) is 8.41. The highest BCUT2D eigenvalue weighted by molar-refractivity contribution is 9.10. The lowest BCUT2D eigenvalue weighted by molar-refractivity contribution is 1.07. The maximum Gasteiger partial charge on any atom is 0.164 e. The third kappa shape index (κ3) is 5.01. The predicted molar refractivity (Wildman–Crippen MR) is 186 cm³/mol. The van der Waals surface area contributed by atoms with Crippen molar-refractivity contribution < 1.29 is 0 Å². The van der Waals surface area contributed by atoms with Crippen molar-refractivity contribution in [1.29, 1.82) is 5.26 Å². The van der Waals surface area contributed by atoms with Crippen LogP contribution in [0.1, 0.15) is 5.56 Å². The first-order chi connectivity index (χ1) is 22.6. The molecule has 3 heterocycles. The van der Waals surface area contributed by atoms with Crippen molar-refractivity contribution in [3.05, 3.63) is 150 Å². The van der Waals surface area contributed by atoms with E-state index in [0.717, 1.165) is 49.0 Å². The zero-order valence-corrected chi connectivity index (χ0v) is 25.9. The fraction of sp³-hybridized carbons (Fsp3) is 0. The minimum absolute atomic E-state index is 0.527. The molecule has 5 aromatic carbocycles. The molecule has 0 saturated heterocycles. The molecule has 3 aromatic heterocycles. The molecular formula is C39H23BrN6. The smallest absolute Gasteiger partial charge is 0.164 e. The summed E-state index contributed by atoms with van der Waals surface area (Å²) in [6.45, 7) is 0. The van der Waals surface area contributed by atoms with Crippen LogP contribution >= 0.6 is 15.9 Å². The molecule has 0 unspecified atom stereocenters. The highest BCUT2D eigenvalue weighted by Gasteiger charge is 2.17. The second-order valence-electron chi connectivity index (χ2n) is 10.9. The van der Waals surface area contributed by atoms with Crippen LogP contribution in [-0.4, -0.2) is 24.5 Å². The monoisotopic (exact) mass is 654 g/mol. The summed E-state index contributed by atoms with van der Waals surface area (Å²) in [6, 6.07) is 44.8. The van der Waals surface area contributed by atoms with Gasteiger partial charge in [-0.25, -0.2) is 15.0 Å². The fourth-order valence-electron chi connectivity index (χ4n) is 5.84. The summed E-state index contributed by atoms with van der Waals surface area (Å²) >= 11 is 3.78. The Labute approximate surface area is 273 Å². The van der Waals surface area contributed by atoms with Crippen LogP contribution in [0.5, 0.6) is 0 Å². The summed E-state index contributed by atoms with van der Waals surface area (Å²) < 4.78 is 3.18. The van der Waals surface area contributed by atoms with Crippen molar-refractivity contribution in [1.82, 2.24) is 24.5 Å². The number of benzene rings is 5. The topological polar surface area (TPSA) is 80.3 Å². The average molecular weight is 656 g/mol. The first-order valence-corrected chi connectivity index (χ1v) is 15.5. The number of nitriles is 1. The van der Waals surface area contributed by atoms with E-state index in [4.69, 9.17) is 15.0 Å². The van der Waals surface area contributed by atoms with Crippen LogP contribution < -0.4 is 0 Å². The Morgan fingerprint density at radius 3 is 1.70 bits per heavy atom. The lowest BCUT2D eigenvalue weighted by Crippen LogP contribution is -2.01. The van der Waals surface area contributed by atoms with Gasteiger partial charge in [0.25, 0.3) is 0 Å². The van der Waals surface area contributed by atoms with Gasteiger partial charge in [-0.05, 0) is 71.8 Å². The quantitative estimate of drug-likeness (QED) is 0.185. The van der Waals surface area contributed by atoms with Crippen molar-refractivity contribution >= 4 is 37.7 Å². The minimum atomic E-state index is 0.527. The predicted octanol–water partition coefficient (Wildman–Crippen LogP) is 9.67. The van der Waals surface area contributed by atoms with Gasteiger partial charge in [-0.15, -0.1) is 0 Å². The summed E-state index contributed by atoms with van der Waals surface area (Å²) in [5, 5.41) is 11.7. The van der Waals surface area contributed by atoms with Gasteiger partial charge < -0.3 is 4.57 Å². The van der Waals surface area contributed by atoms with Crippen molar-refractivity contribution in [2.75, 3.05) is 0 Å². The first kappa shape index (κ1) is 27.6. The van der Waals surface area contributed by atoms with Gasteiger partial charge in [0.05, 0.1) is 22.7 Å². The lowest BCUT2D eigenvalue weighted by Gasteiger charge is -2.12. The first-order valence-electron chi connectivity index (χ1n) is 14.7. The summed E-state index contributed by atoms with van der Waals surface area (Å²) in [6.07, 6.45) is 3.62. The van der Waals surface area contributed by atoms with Gasteiger partial charge >= 0.3 is 0 Å². The van der Waals surface area contributed by atoms with Crippen LogP contribution in [-0.2, 0) is 0 Å². The summed E-state index contributed by atoms with van der Waals surface area (Å²) in [7, 11) is 0. The average Bonchev–Trinajstić information content (AvgIpc) is 3.46. The van der Waals surface area contributed by atoms with Crippen LogP contribution in [0.4, 0.5) is 0 Å². The van der Waals surface area contributed by atoms with E-state index in [1.54, 1.807) is 18.3 Å².